The Kier molecular flexibility index (Phi) is 3.89. The van der Waals surface area contributed by atoms with Crippen LogP contribution in [0.15, 0.2) is 84.9 Å². The number of nitrogens with one attached hydrogen (secondary N) is 1. The maximum Gasteiger partial charge on any atom is 0.0730 e. The molecule has 0 amide bonds. The van der Waals surface area contributed by atoms with Crippen LogP contribution in [0.5, 0.6) is 0 Å². The predicted molar refractivity (Wildman–Crippen MR) is 102 cm³/mol. The third-order valence-corrected chi connectivity index (χ3v) is 4.16. The minimum atomic E-state index is 0.727. The van der Waals surface area contributed by atoms with E-state index >= 15 is 0 Å². The molecule has 0 fully saturated rings. The fraction of sp³-hybridized carbons (Fsp3) is 0. The van der Waals surface area contributed by atoms with E-state index in [-0.39, 0.29) is 0 Å². The van der Waals surface area contributed by atoms with E-state index in [1.807, 2.05) is 60.7 Å². The Labute approximate surface area is 145 Å². The van der Waals surface area contributed by atoms with Gasteiger partial charge in [-0.1, -0.05) is 60.1 Å². The largest absolute Gasteiger partial charge is 0.355 e. The lowest BCUT2D eigenvalue weighted by Gasteiger charge is -2.12. The van der Waals surface area contributed by atoms with E-state index < -0.39 is 0 Å². The van der Waals surface area contributed by atoms with Gasteiger partial charge in [-0.15, -0.1) is 0 Å². The molecule has 0 atom stereocenters. The number of hydrogen-bond donors (Lipinski definition) is 1. The second-order valence-electron chi connectivity index (χ2n) is 5.57. The molecule has 3 heteroatoms. The van der Waals surface area contributed by atoms with Gasteiger partial charge in [0.15, 0.2) is 0 Å². The minimum Gasteiger partial charge on any atom is -0.355 e. The third-order valence-electron chi connectivity index (χ3n) is 3.91. The van der Waals surface area contributed by atoms with Gasteiger partial charge in [0.1, 0.15) is 0 Å². The first-order valence-electron chi connectivity index (χ1n) is 7.77. The average Bonchev–Trinajstić information content (AvgIpc) is 2.64. The summed E-state index contributed by atoms with van der Waals surface area (Å²) in [5.74, 6) is 0. The van der Waals surface area contributed by atoms with Crippen molar-refractivity contribution in [2.24, 2.45) is 0 Å². The standard InChI is InChI=1S/C21H15ClN2/c22-16-10-12-17(13-11-16)23-21-14-20(15-6-2-1-3-7-15)24-19-9-5-4-8-18(19)21/h1-14H,(H,23,24). The molecule has 3 aromatic carbocycles. The Morgan fingerprint density at radius 3 is 2.25 bits per heavy atom. The quantitative estimate of drug-likeness (QED) is 0.477. The molecule has 0 aliphatic carbocycles. The number of pyridine rings is 1. The van der Waals surface area contributed by atoms with Crippen molar-refractivity contribution < 1.29 is 0 Å². The van der Waals surface area contributed by atoms with Crippen LogP contribution in [0.4, 0.5) is 11.4 Å². The minimum absolute atomic E-state index is 0.727. The fourth-order valence-electron chi connectivity index (χ4n) is 2.72. The monoisotopic (exact) mass is 330 g/mol. The zero-order valence-electron chi connectivity index (χ0n) is 12.9. The molecule has 0 bridgehead atoms. The van der Waals surface area contributed by atoms with Gasteiger partial charge in [-0.3, -0.25) is 0 Å². The first kappa shape index (κ1) is 14.7. The number of para-hydroxylation sites is 1. The first-order valence-corrected chi connectivity index (χ1v) is 8.15. The number of halogens is 1. The summed E-state index contributed by atoms with van der Waals surface area (Å²) in [6.45, 7) is 0. The van der Waals surface area contributed by atoms with Gasteiger partial charge in [-0.2, -0.15) is 0 Å². The lowest BCUT2D eigenvalue weighted by molar-refractivity contribution is 1.39. The van der Waals surface area contributed by atoms with Crippen LogP contribution in [0.2, 0.25) is 5.02 Å². The second-order valence-corrected chi connectivity index (χ2v) is 6.01. The highest BCUT2D eigenvalue weighted by Crippen LogP contribution is 2.30. The molecule has 0 saturated heterocycles. The van der Waals surface area contributed by atoms with Gasteiger partial charge >= 0.3 is 0 Å². The van der Waals surface area contributed by atoms with Crippen LogP contribution >= 0.6 is 11.6 Å². The third kappa shape index (κ3) is 2.97. The summed E-state index contributed by atoms with van der Waals surface area (Å²) in [6.07, 6.45) is 0. The highest BCUT2D eigenvalue weighted by molar-refractivity contribution is 6.30. The summed E-state index contributed by atoms with van der Waals surface area (Å²) in [4.78, 5) is 4.80. The highest BCUT2D eigenvalue weighted by Gasteiger charge is 2.07. The van der Waals surface area contributed by atoms with E-state index in [0.717, 1.165) is 38.6 Å². The van der Waals surface area contributed by atoms with Gasteiger partial charge in [-0.25, -0.2) is 4.98 Å². The predicted octanol–water partition coefficient (Wildman–Crippen LogP) is 6.30. The summed E-state index contributed by atoms with van der Waals surface area (Å²) >= 11 is 5.98. The Hall–Kier alpha value is -2.84. The molecule has 1 N–H and O–H groups in total. The molecule has 0 spiro atoms. The van der Waals surface area contributed by atoms with E-state index in [2.05, 4.69) is 29.6 Å². The first-order chi connectivity index (χ1) is 11.8. The molecular formula is C21H15ClN2. The van der Waals surface area contributed by atoms with Crippen molar-refractivity contribution >= 4 is 33.9 Å². The fourth-order valence-corrected chi connectivity index (χ4v) is 2.85. The Balaban J connectivity index is 1.85. The molecule has 0 radical (unpaired) electrons. The van der Waals surface area contributed by atoms with Crippen LogP contribution in [0, 0.1) is 0 Å². The lowest BCUT2D eigenvalue weighted by atomic mass is 10.1. The number of hydrogen-bond acceptors (Lipinski definition) is 2. The lowest BCUT2D eigenvalue weighted by Crippen LogP contribution is -1.95. The van der Waals surface area contributed by atoms with E-state index in [9.17, 15) is 0 Å². The zero-order chi connectivity index (χ0) is 16.4. The summed E-state index contributed by atoms with van der Waals surface area (Å²) in [5.41, 5.74) is 5.04. The van der Waals surface area contributed by atoms with Crippen molar-refractivity contribution in [3.8, 4) is 11.3 Å². The number of aromatic nitrogens is 1. The number of fused-ring (bicyclic) bond motifs is 1. The molecule has 4 rings (SSSR count). The number of rotatable bonds is 3. The molecule has 2 nitrogen and oxygen atoms in total. The zero-order valence-corrected chi connectivity index (χ0v) is 13.7. The van der Waals surface area contributed by atoms with E-state index in [1.54, 1.807) is 0 Å². The molecule has 1 aromatic heterocycles. The molecule has 0 saturated carbocycles. The number of anilines is 2. The summed E-state index contributed by atoms with van der Waals surface area (Å²) in [5, 5.41) is 5.30. The molecule has 116 valence electrons. The van der Waals surface area contributed by atoms with Gasteiger partial charge in [0.25, 0.3) is 0 Å². The maximum absolute atomic E-state index is 5.98. The van der Waals surface area contributed by atoms with Crippen molar-refractivity contribution in [3.63, 3.8) is 0 Å². The summed E-state index contributed by atoms with van der Waals surface area (Å²) in [6, 6.07) is 28.2. The van der Waals surface area contributed by atoms with Gasteiger partial charge in [0.05, 0.1) is 16.9 Å². The van der Waals surface area contributed by atoms with Crippen LogP contribution in [0.1, 0.15) is 0 Å². The highest BCUT2D eigenvalue weighted by atomic mass is 35.5. The summed E-state index contributed by atoms with van der Waals surface area (Å²) in [7, 11) is 0. The topological polar surface area (TPSA) is 24.9 Å². The Morgan fingerprint density at radius 2 is 1.46 bits per heavy atom. The molecule has 0 unspecified atom stereocenters. The maximum atomic E-state index is 5.98. The Bertz CT molecular complexity index is 980. The van der Waals surface area contributed by atoms with E-state index in [0.29, 0.717) is 0 Å². The van der Waals surface area contributed by atoms with Crippen molar-refractivity contribution in [1.29, 1.82) is 0 Å². The summed E-state index contributed by atoms with van der Waals surface area (Å²) < 4.78 is 0. The number of benzene rings is 3. The van der Waals surface area contributed by atoms with Crippen LogP contribution in [0.3, 0.4) is 0 Å². The Morgan fingerprint density at radius 1 is 0.750 bits per heavy atom. The van der Waals surface area contributed by atoms with Gasteiger partial charge in [0, 0.05) is 21.7 Å². The van der Waals surface area contributed by atoms with Crippen molar-refractivity contribution in [3.05, 3.63) is 90.0 Å². The molecular weight excluding hydrogens is 316 g/mol. The van der Waals surface area contributed by atoms with Crippen LogP contribution in [0.25, 0.3) is 22.2 Å². The molecule has 0 aliphatic heterocycles. The SMILES string of the molecule is Clc1ccc(Nc2cc(-c3ccccc3)nc3ccccc23)cc1. The van der Waals surface area contributed by atoms with E-state index in [4.69, 9.17) is 16.6 Å². The second kappa shape index (κ2) is 6.34. The van der Waals surface area contributed by atoms with Crippen LogP contribution in [-0.4, -0.2) is 4.98 Å². The van der Waals surface area contributed by atoms with Crippen molar-refractivity contribution in [1.82, 2.24) is 4.98 Å². The molecule has 0 aliphatic rings. The molecule has 24 heavy (non-hydrogen) atoms. The molecule has 4 aromatic rings. The van der Waals surface area contributed by atoms with Gasteiger partial charge < -0.3 is 5.32 Å². The van der Waals surface area contributed by atoms with Crippen molar-refractivity contribution in [2.45, 2.75) is 0 Å². The van der Waals surface area contributed by atoms with Gasteiger partial charge in [0.2, 0.25) is 0 Å². The van der Waals surface area contributed by atoms with Crippen LogP contribution in [-0.2, 0) is 0 Å². The van der Waals surface area contributed by atoms with Gasteiger partial charge in [-0.05, 0) is 36.4 Å². The number of nitrogens with zero attached hydrogens (tertiary/aromatic N) is 1. The molecule has 1 heterocycles. The van der Waals surface area contributed by atoms with Crippen molar-refractivity contribution in [2.75, 3.05) is 5.32 Å². The normalized spacial score (nSPS) is 10.7. The smallest absolute Gasteiger partial charge is 0.0730 e. The average molecular weight is 331 g/mol. The van der Waals surface area contributed by atoms with E-state index in [1.165, 1.54) is 0 Å². The van der Waals surface area contributed by atoms with Crippen LogP contribution < -0.4 is 5.32 Å².